The van der Waals surface area contributed by atoms with Gasteiger partial charge in [0.05, 0.1) is 22.5 Å². The Balaban J connectivity index is 2.21. The Morgan fingerprint density at radius 3 is 2.67 bits per heavy atom. The standard InChI is InChI=1S/C14H15ClFNO4/c15-12-9(2-1-3-10(12)16)13(20)17-14(8-11(18)19)4-6-21-7-5-14/h1-3H,4-8H2,(H,17,20)(H,18,19). The molecule has 1 amide bonds. The third-order valence-electron chi connectivity index (χ3n) is 3.51. The van der Waals surface area contributed by atoms with Gasteiger partial charge in [0, 0.05) is 13.2 Å². The molecule has 0 bridgehead atoms. The summed E-state index contributed by atoms with van der Waals surface area (Å²) in [5.41, 5.74) is -0.899. The van der Waals surface area contributed by atoms with Crippen LogP contribution in [0.1, 0.15) is 29.6 Å². The zero-order valence-electron chi connectivity index (χ0n) is 11.2. The number of hydrogen-bond donors (Lipinski definition) is 2. The van der Waals surface area contributed by atoms with E-state index in [1.54, 1.807) is 0 Å². The van der Waals surface area contributed by atoms with Crippen molar-refractivity contribution >= 4 is 23.5 Å². The maximum atomic E-state index is 13.4. The predicted octanol–water partition coefficient (Wildman–Crippen LogP) is 2.23. The molecule has 0 radical (unpaired) electrons. The van der Waals surface area contributed by atoms with Crippen LogP contribution in [0.2, 0.25) is 5.02 Å². The van der Waals surface area contributed by atoms with E-state index in [1.165, 1.54) is 12.1 Å². The van der Waals surface area contributed by atoms with E-state index >= 15 is 0 Å². The molecule has 0 aliphatic carbocycles. The normalized spacial score (nSPS) is 17.2. The first-order valence-corrected chi connectivity index (χ1v) is 6.87. The van der Waals surface area contributed by atoms with Crippen LogP contribution in [0.15, 0.2) is 18.2 Å². The molecule has 7 heteroatoms. The lowest BCUT2D eigenvalue weighted by molar-refractivity contribution is -0.139. The van der Waals surface area contributed by atoms with E-state index in [-0.39, 0.29) is 17.0 Å². The van der Waals surface area contributed by atoms with Gasteiger partial charge in [-0.15, -0.1) is 0 Å². The van der Waals surface area contributed by atoms with Crippen molar-refractivity contribution in [2.75, 3.05) is 13.2 Å². The number of hydrogen-bond acceptors (Lipinski definition) is 3. The highest BCUT2D eigenvalue weighted by Gasteiger charge is 2.37. The summed E-state index contributed by atoms with van der Waals surface area (Å²) in [5, 5.41) is 11.5. The summed E-state index contributed by atoms with van der Waals surface area (Å²) in [5.74, 6) is -2.28. The van der Waals surface area contributed by atoms with Gasteiger partial charge in [-0.2, -0.15) is 0 Å². The molecule has 1 aromatic carbocycles. The molecule has 2 rings (SSSR count). The average molecular weight is 316 g/mol. The molecule has 1 fully saturated rings. The highest BCUT2D eigenvalue weighted by Crippen LogP contribution is 2.27. The molecule has 1 aliphatic heterocycles. The van der Waals surface area contributed by atoms with Gasteiger partial charge in [0.1, 0.15) is 5.82 Å². The quantitative estimate of drug-likeness (QED) is 0.893. The van der Waals surface area contributed by atoms with Crippen LogP contribution >= 0.6 is 11.6 Å². The van der Waals surface area contributed by atoms with Crippen LogP contribution in [0.3, 0.4) is 0 Å². The minimum atomic E-state index is -1.01. The molecule has 2 N–H and O–H groups in total. The Labute approximate surface area is 126 Å². The van der Waals surface area contributed by atoms with Crippen LogP contribution in [0.25, 0.3) is 0 Å². The average Bonchev–Trinajstić information content (AvgIpc) is 2.41. The highest BCUT2D eigenvalue weighted by molar-refractivity contribution is 6.34. The first-order valence-electron chi connectivity index (χ1n) is 6.50. The van der Waals surface area contributed by atoms with Gasteiger partial charge in [0.2, 0.25) is 0 Å². The predicted molar refractivity (Wildman–Crippen MR) is 73.9 cm³/mol. The number of aliphatic carboxylic acids is 1. The van der Waals surface area contributed by atoms with Crippen molar-refractivity contribution in [2.45, 2.75) is 24.8 Å². The van der Waals surface area contributed by atoms with E-state index in [4.69, 9.17) is 21.4 Å². The van der Waals surface area contributed by atoms with Crippen LogP contribution in [0.4, 0.5) is 4.39 Å². The lowest BCUT2D eigenvalue weighted by Crippen LogP contribution is -2.53. The first-order chi connectivity index (χ1) is 9.93. The van der Waals surface area contributed by atoms with Crippen molar-refractivity contribution in [3.63, 3.8) is 0 Å². The summed E-state index contributed by atoms with van der Waals surface area (Å²) < 4.78 is 18.6. The third-order valence-corrected chi connectivity index (χ3v) is 3.90. The molecule has 1 aliphatic rings. The van der Waals surface area contributed by atoms with Crippen LogP contribution < -0.4 is 5.32 Å². The number of carbonyl (C=O) groups is 2. The number of nitrogens with one attached hydrogen (secondary N) is 1. The van der Waals surface area contributed by atoms with E-state index in [9.17, 15) is 14.0 Å². The molecule has 114 valence electrons. The molecule has 1 heterocycles. The molecule has 0 atom stereocenters. The lowest BCUT2D eigenvalue weighted by atomic mass is 9.86. The molecular formula is C14H15ClFNO4. The molecule has 0 unspecified atom stereocenters. The molecule has 1 aromatic rings. The van der Waals surface area contributed by atoms with E-state index in [1.807, 2.05) is 0 Å². The number of carboxylic acid groups (broad SMARTS) is 1. The summed E-state index contributed by atoms with van der Waals surface area (Å²) >= 11 is 5.78. The van der Waals surface area contributed by atoms with Crippen LogP contribution in [0.5, 0.6) is 0 Å². The summed E-state index contributed by atoms with van der Waals surface area (Å²) in [4.78, 5) is 23.3. The van der Waals surface area contributed by atoms with E-state index in [0.29, 0.717) is 26.1 Å². The molecule has 5 nitrogen and oxygen atoms in total. The largest absolute Gasteiger partial charge is 0.481 e. The fraction of sp³-hybridized carbons (Fsp3) is 0.429. The maximum Gasteiger partial charge on any atom is 0.305 e. The van der Waals surface area contributed by atoms with Crippen molar-refractivity contribution in [1.82, 2.24) is 5.32 Å². The van der Waals surface area contributed by atoms with E-state index in [2.05, 4.69) is 5.32 Å². The van der Waals surface area contributed by atoms with Crippen LogP contribution in [0, 0.1) is 5.82 Å². The minimum absolute atomic E-state index is 0.00655. The van der Waals surface area contributed by atoms with Crippen molar-refractivity contribution in [3.05, 3.63) is 34.6 Å². The molecule has 1 saturated heterocycles. The lowest BCUT2D eigenvalue weighted by Gasteiger charge is -2.36. The van der Waals surface area contributed by atoms with Gasteiger partial charge in [-0.05, 0) is 25.0 Å². The number of ether oxygens (including phenoxy) is 1. The smallest absolute Gasteiger partial charge is 0.305 e. The Hall–Kier alpha value is -1.66. The monoisotopic (exact) mass is 315 g/mol. The second-order valence-corrected chi connectivity index (χ2v) is 5.40. The van der Waals surface area contributed by atoms with Crippen molar-refractivity contribution in [2.24, 2.45) is 0 Å². The minimum Gasteiger partial charge on any atom is -0.481 e. The number of benzene rings is 1. The van der Waals surface area contributed by atoms with Gasteiger partial charge in [0.15, 0.2) is 0 Å². The Morgan fingerprint density at radius 2 is 2.05 bits per heavy atom. The number of halogens is 2. The van der Waals surface area contributed by atoms with Crippen molar-refractivity contribution in [1.29, 1.82) is 0 Å². The van der Waals surface area contributed by atoms with Gasteiger partial charge in [-0.25, -0.2) is 4.39 Å². The first kappa shape index (κ1) is 15.7. The van der Waals surface area contributed by atoms with Gasteiger partial charge in [0.25, 0.3) is 5.91 Å². The fourth-order valence-corrected chi connectivity index (χ4v) is 2.60. The Kier molecular flexibility index (Phi) is 4.80. The van der Waals surface area contributed by atoms with Crippen LogP contribution in [-0.4, -0.2) is 35.7 Å². The van der Waals surface area contributed by atoms with Crippen molar-refractivity contribution < 1.29 is 23.8 Å². The maximum absolute atomic E-state index is 13.4. The zero-order chi connectivity index (χ0) is 15.5. The second-order valence-electron chi connectivity index (χ2n) is 5.02. The summed E-state index contributed by atoms with van der Waals surface area (Å²) in [7, 11) is 0. The van der Waals surface area contributed by atoms with E-state index in [0.717, 1.165) is 6.07 Å². The fourth-order valence-electron chi connectivity index (χ4n) is 2.38. The van der Waals surface area contributed by atoms with Crippen molar-refractivity contribution in [3.8, 4) is 0 Å². The second kappa shape index (κ2) is 6.41. The summed E-state index contributed by atoms with van der Waals surface area (Å²) in [6, 6.07) is 3.93. The zero-order valence-corrected chi connectivity index (χ0v) is 12.0. The molecular weight excluding hydrogens is 301 g/mol. The van der Waals surface area contributed by atoms with E-state index < -0.39 is 23.2 Å². The van der Waals surface area contributed by atoms with Gasteiger partial charge in [-0.1, -0.05) is 17.7 Å². The summed E-state index contributed by atoms with van der Waals surface area (Å²) in [6.07, 6.45) is 0.561. The number of amides is 1. The number of rotatable bonds is 4. The van der Waals surface area contributed by atoms with Crippen LogP contribution in [-0.2, 0) is 9.53 Å². The SMILES string of the molecule is O=C(O)CC1(NC(=O)c2cccc(F)c2Cl)CCOCC1. The molecule has 21 heavy (non-hydrogen) atoms. The number of carboxylic acids is 1. The molecule has 0 aromatic heterocycles. The Morgan fingerprint density at radius 1 is 1.38 bits per heavy atom. The molecule has 0 saturated carbocycles. The van der Waals surface area contributed by atoms with Gasteiger partial charge in [-0.3, -0.25) is 9.59 Å². The van der Waals surface area contributed by atoms with Gasteiger partial charge < -0.3 is 15.2 Å². The third kappa shape index (κ3) is 3.71. The van der Waals surface area contributed by atoms with Gasteiger partial charge >= 0.3 is 5.97 Å². The summed E-state index contributed by atoms with van der Waals surface area (Å²) in [6.45, 7) is 0.731. The Bertz CT molecular complexity index is 558. The number of carbonyl (C=O) groups excluding carboxylic acids is 1. The highest BCUT2D eigenvalue weighted by atomic mass is 35.5. The topological polar surface area (TPSA) is 75.6 Å². The molecule has 0 spiro atoms.